The van der Waals surface area contributed by atoms with Gasteiger partial charge in [0.25, 0.3) is 0 Å². The van der Waals surface area contributed by atoms with Crippen molar-refractivity contribution in [2.75, 3.05) is 18.4 Å². The van der Waals surface area contributed by atoms with Crippen LogP contribution in [0.3, 0.4) is 0 Å². The van der Waals surface area contributed by atoms with Crippen molar-refractivity contribution in [2.45, 2.75) is 26.4 Å². The van der Waals surface area contributed by atoms with Gasteiger partial charge in [-0.2, -0.15) is 0 Å². The summed E-state index contributed by atoms with van der Waals surface area (Å²) in [6, 6.07) is 6.03. The van der Waals surface area contributed by atoms with Gasteiger partial charge in [-0.1, -0.05) is 17.7 Å². The summed E-state index contributed by atoms with van der Waals surface area (Å²) in [7, 11) is 0. The fraction of sp³-hybridized carbons (Fsp3) is 0.353. The second kappa shape index (κ2) is 7.05. The van der Waals surface area contributed by atoms with Crippen LogP contribution >= 0.6 is 11.6 Å². The molecule has 1 fully saturated rings. The Kier molecular flexibility index (Phi) is 4.85. The number of carbonyl (C=O) groups excluding carboxylic acids is 1. The van der Waals surface area contributed by atoms with Gasteiger partial charge in [0.15, 0.2) is 0 Å². The van der Waals surface area contributed by atoms with Crippen LogP contribution < -0.4 is 10.1 Å². The Hall–Kier alpha value is -2.34. The molecular weight excluding hydrogens is 328 g/mol. The van der Waals surface area contributed by atoms with Crippen LogP contribution in [0.5, 0.6) is 6.01 Å². The first kappa shape index (κ1) is 16.5. The Bertz CT molecular complexity index is 736. The van der Waals surface area contributed by atoms with Crippen molar-refractivity contribution in [3.63, 3.8) is 0 Å². The Morgan fingerprint density at radius 1 is 1.29 bits per heavy atom. The van der Waals surface area contributed by atoms with Gasteiger partial charge in [0.1, 0.15) is 6.10 Å². The van der Waals surface area contributed by atoms with Crippen molar-refractivity contribution < 1.29 is 9.53 Å². The summed E-state index contributed by atoms with van der Waals surface area (Å²) in [5.41, 5.74) is 3.15. The first-order chi connectivity index (χ1) is 11.5. The van der Waals surface area contributed by atoms with E-state index in [9.17, 15) is 4.79 Å². The van der Waals surface area contributed by atoms with Crippen LogP contribution in [0.1, 0.15) is 17.5 Å². The zero-order chi connectivity index (χ0) is 17.1. The van der Waals surface area contributed by atoms with Crippen LogP contribution in [0, 0.1) is 13.8 Å². The molecule has 0 radical (unpaired) electrons. The van der Waals surface area contributed by atoms with Crippen LogP contribution in [0.25, 0.3) is 0 Å². The summed E-state index contributed by atoms with van der Waals surface area (Å²) >= 11 is 5.75. The molecule has 1 N–H and O–H groups in total. The number of likely N-dealkylation sites (tertiary alicyclic amines) is 1. The number of carbonyl (C=O) groups is 1. The quantitative estimate of drug-likeness (QED) is 0.924. The molecule has 0 spiro atoms. The van der Waals surface area contributed by atoms with Crippen molar-refractivity contribution >= 4 is 23.3 Å². The number of rotatable bonds is 3. The van der Waals surface area contributed by atoms with Gasteiger partial charge in [-0.15, -0.1) is 0 Å². The zero-order valence-electron chi connectivity index (χ0n) is 13.6. The summed E-state index contributed by atoms with van der Waals surface area (Å²) in [6.45, 7) is 5.20. The Morgan fingerprint density at radius 3 is 2.75 bits per heavy atom. The molecule has 7 heteroatoms. The molecule has 6 nitrogen and oxygen atoms in total. The number of nitrogens with zero attached hydrogens (tertiary/aromatic N) is 3. The summed E-state index contributed by atoms with van der Waals surface area (Å²) in [4.78, 5) is 22.1. The summed E-state index contributed by atoms with van der Waals surface area (Å²) in [5, 5.41) is 3.39. The standard InChI is InChI=1S/C17H19ClN4O2/c1-11-3-4-14(7-12(11)2)21-17(23)22-6-5-15(10-22)24-16-19-8-13(18)9-20-16/h3-4,7-9,15H,5-6,10H2,1-2H3,(H,21,23)/t15-/m1/s1. The lowest BCUT2D eigenvalue weighted by Crippen LogP contribution is -2.34. The smallest absolute Gasteiger partial charge is 0.321 e. The maximum Gasteiger partial charge on any atom is 0.321 e. The van der Waals surface area contributed by atoms with E-state index in [1.807, 2.05) is 32.0 Å². The van der Waals surface area contributed by atoms with E-state index >= 15 is 0 Å². The topological polar surface area (TPSA) is 67.4 Å². The molecule has 2 heterocycles. The largest absolute Gasteiger partial charge is 0.458 e. The SMILES string of the molecule is Cc1ccc(NC(=O)N2CC[C@@H](Oc3ncc(Cl)cn3)C2)cc1C. The number of anilines is 1. The fourth-order valence-electron chi connectivity index (χ4n) is 2.54. The lowest BCUT2D eigenvalue weighted by Gasteiger charge is -2.18. The molecule has 3 rings (SSSR count). The molecule has 24 heavy (non-hydrogen) atoms. The average Bonchev–Trinajstić information content (AvgIpc) is 3.02. The Labute approximate surface area is 145 Å². The van der Waals surface area contributed by atoms with Gasteiger partial charge in [0, 0.05) is 18.7 Å². The molecule has 0 unspecified atom stereocenters. The third kappa shape index (κ3) is 3.94. The normalized spacial score (nSPS) is 17.0. The highest BCUT2D eigenvalue weighted by Gasteiger charge is 2.28. The second-order valence-corrected chi connectivity index (χ2v) is 6.32. The van der Waals surface area contributed by atoms with Gasteiger partial charge >= 0.3 is 12.0 Å². The number of benzene rings is 1. The number of urea groups is 1. The number of hydrogen-bond acceptors (Lipinski definition) is 4. The molecule has 1 aromatic heterocycles. The average molecular weight is 347 g/mol. The molecule has 2 amide bonds. The van der Waals surface area contributed by atoms with Gasteiger partial charge in [-0.25, -0.2) is 14.8 Å². The maximum atomic E-state index is 12.4. The number of hydrogen-bond donors (Lipinski definition) is 1. The highest BCUT2D eigenvalue weighted by molar-refractivity contribution is 6.30. The Balaban J connectivity index is 1.55. The first-order valence-electron chi connectivity index (χ1n) is 7.78. The number of amides is 2. The van der Waals surface area contributed by atoms with Gasteiger partial charge in [0.2, 0.25) is 0 Å². The minimum absolute atomic E-state index is 0.114. The molecule has 0 aliphatic carbocycles. The highest BCUT2D eigenvalue weighted by atomic mass is 35.5. The van der Waals surface area contributed by atoms with E-state index in [2.05, 4.69) is 15.3 Å². The van der Waals surface area contributed by atoms with E-state index in [1.54, 1.807) is 4.90 Å². The third-order valence-corrected chi connectivity index (χ3v) is 4.25. The van der Waals surface area contributed by atoms with Crippen molar-refractivity contribution in [3.05, 3.63) is 46.7 Å². The molecule has 1 saturated heterocycles. The van der Waals surface area contributed by atoms with Crippen molar-refractivity contribution in [3.8, 4) is 6.01 Å². The third-order valence-electron chi connectivity index (χ3n) is 4.06. The van der Waals surface area contributed by atoms with E-state index in [4.69, 9.17) is 16.3 Å². The molecular formula is C17H19ClN4O2. The zero-order valence-corrected chi connectivity index (χ0v) is 14.4. The van der Waals surface area contributed by atoms with Crippen molar-refractivity contribution in [1.82, 2.24) is 14.9 Å². The summed E-state index contributed by atoms with van der Waals surface area (Å²) in [6.07, 6.45) is 3.61. The second-order valence-electron chi connectivity index (χ2n) is 5.89. The number of halogens is 1. The molecule has 0 saturated carbocycles. The van der Waals surface area contributed by atoms with Crippen LogP contribution in [-0.2, 0) is 0 Å². The highest BCUT2D eigenvalue weighted by Crippen LogP contribution is 2.18. The first-order valence-corrected chi connectivity index (χ1v) is 8.16. The molecule has 0 bridgehead atoms. The van der Waals surface area contributed by atoms with E-state index < -0.39 is 0 Å². The van der Waals surface area contributed by atoms with E-state index in [1.165, 1.54) is 18.0 Å². The van der Waals surface area contributed by atoms with E-state index in [-0.39, 0.29) is 18.1 Å². The minimum Gasteiger partial charge on any atom is -0.458 e. The van der Waals surface area contributed by atoms with Gasteiger partial charge in [-0.05, 0) is 37.1 Å². The van der Waals surface area contributed by atoms with Gasteiger partial charge in [0.05, 0.1) is 24.0 Å². The number of nitrogens with one attached hydrogen (secondary N) is 1. The van der Waals surface area contributed by atoms with Crippen LogP contribution in [-0.4, -0.2) is 40.1 Å². The molecule has 1 atom stereocenters. The predicted octanol–water partition coefficient (Wildman–Crippen LogP) is 3.43. The van der Waals surface area contributed by atoms with Crippen LogP contribution in [0.15, 0.2) is 30.6 Å². The van der Waals surface area contributed by atoms with Gasteiger partial charge < -0.3 is 15.0 Å². The number of aromatic nitrogens is 2. The monoisotopic (exact) mass is 346 g/mol. The predicted molar refractivity (Wildman–Crippen MR) is 92.6 cm³/mol. The molecule has 1 aliphatic heterocycles. The number of aryl methyl sites for hydroxylation is 2. The van der Waals surface area contributed by atoms with Crippen LogP contribution in [0.2, 0.25) is 5.02 Å². The van der Waals surface area contributed by atoms with Crippen LogP contribution in [0.4, 0.5) is 10.5 Å². The molecule has 2 aromatic rings. The molecule has 126 valence electrons. The maximum absolute atomic E-state index is 12.4. The van der Waals surface area contributed by atoms with Gasteiger partial charge in [-0.3, -0.25) is 0 Å². The Morgan fingerprint density at radius 2 is 2.04 bits per heavy atom. The minimum atomic E-state index is -0.124. The number of ether oxygens (including phenoxy) is 1. The van der Waals surface area contributed by atoms with E-state index in [0.29, 0.717) is 18.1 Å². The summed E-state index contributed by atoms with van der Waals surface area (Å²) < 4.78 is 5.69. The molecule has 1 aliphatic rings. The fourth-order valence-corrected chi connectivity index (χ4v) is 2.64. The van der Waals surface area contributed by atoms with Crippen molar-refractivity contribution in [2.24, 2.45) is 0 Å². The van der Waals surface area contributed by atoms with E-state index in [0.717, 1.165) is 17.7 Å². The molecule has 1 aromatic carbocycles. The summed E-state index contributed by atoms with van der Waals surface area (Å²) in [5.74, 6) is 0. The van der Waals surface area contributed by atoms with Crippen molar-refractivity contribution in [1.29, 1.82) is 0 Å². The lowest BCUT2D eigenvalue weighted by atomic mass is 10.1. The lowest BCUT2D eigenvalue weighted by molar-refractivity contribution is 0.184.